The lowest BCUT2D eigenvalue weighted by Gasteiger charge is -2.31. The Hall–Kier alpha value is -2.32. The van der Waals surface area contributed by atoms with Gasteiger partial charge in [-0.05, 0) is 49.1 Å². The van der Waals surface area contributed by atoms with E-state index in [9.17, 15) is 18.0 Å². The summed E-state index contributed by atoms with van der Waals surface area (Å²) in [5.41, 5.74) is 1.61. The highest BCUT2D eigenvalue weighted by Crippen LogP contribution is 2.58. The van der Waals surface area contributed by atoms with Crippen molar-refractivity contribution in [3.63, 3.8) is 0 Å². The summed E-state index contributed by atoms with van der Waals surface area (Å²) in [5, 5.41) is 0.166. The molecular weight excluding hydrogens is 421 g/mol. The number of halogens is 4. The quantitative estimate of drug-likeness (QED) is 0.623. The number of alkyl halides is 3. The van der Waals surface area contributed by atoms with E-state index in [-0.39, 0.29) is 28.7 Å². The van der Waals surface area contributed by atoms with Crippen LogP contribution in [0.4, 0.5) is 13.2 Å². The summed E-state index contributed by atoms with van der Waals surface area (Å²) in [6, 6.07) is 10.5. The van der Waals surface area contributed by atoms with Crippen molar-refractivity contribution < 1.29 is 27.4 Å². The Morgan fingerprint density at radius 3 is 2.77 bits per heavy atom. The first-order chi connectivity index (χ1) is 14.3. The Balaban J connectivity index is 1.34. The standard InChI is InChI=1S/C21H20ClF3N2O3/c22-16-11-14(4-5-17(16)29-9-10-30-21(23,24)25)19(28)27-8-6-20(12-15(20)13-27)18-3-1-2-7-26-18/h1-5,7,11,15H,6,8-10,12-13H2. The molecule has 2 aromatic rings. The molecule has 0 radical (unpaired) electrons. The second-order valence-corrected chi connectivity index (χ2v) is 7.97. The van der Waals surface area contributed by atoms with Crippen LogP contribution in [0.5, 0.6) is 5.75 Å². The smallest absolute Gasteiger partial charge is 0.490 e. The van der Waals surface area contributed by atoms with Gasteiger partial charge in [0.2, 0.25) is 0 Å². The fraction of sp³-hybridized carbons (Fsp3) is 0.429. The van der Waals surface area contributed by atoms with Gasteiger partial charge in [-0.25, -0.2) is 0 Å². The third-order valence-electron chi connectivity index (χ3n) is 5.75. The molecule has 1 aromatic heterocycles. The molecule has 1 saturated carbocycles. The average molecular weight is 441 g/mol. The lowest BCUT2D eigenvalue weighted by molar-refractivity contribution is -0.325. The predicted molar refractivity (Wildman–Crippen MR) is 103 cm³/mol. The van der Waals surface area contributed by atoms with Crippen LogP contribution in [0.15, 0.2) is 42.6 Å². The Kier molecular flexibility index (Phi) is 5.63. The zero-order chi connectivity index (χ0) is 21.4. The molecule has 1 amide bonds. The molecular formula is C21H20ClF3N2O3. The fourth-order valence-electron chi connectivity index (χ4n) is 4.14. The Bertz CT molecular complexity index is 925. The van der Waals surface area contributed by atoms with Crippen molar-refractivity contribution in [2.75, 3.05) is 26.3 Å². The molecule has 5 nitrogen and oxygen atoms in total. The largest absolute Gasteiger partial charge is 0.522 e. The van der Waals surface area contributed by atoms with Crippen molar-refractivity contribution in [2.45, 2.75) is 24.6 Å². The number of benzene rings is 1. The minimum Gasteiger partial charge on any atom is -0.490 e. The number of pyridine rings is 1. The SMILES string of the molecule is O=C(c1ccc(OCCOC(F)(F)F)c(Cl)c1)N1CCC2(c3ccccn3)CC2C1. The van der Waals surface area contributed by atoms with Crippen LogP contribution in [0.3, 0.4) is 0 Å². The number of amides is 1. The number of piperidine rings is 1. The molecule has 1 aliphatic carbocycles. The molecule has 160 valence electrons. The number of fused-ring (bicyclic) bond motifs is 1. The highest BCUT2D eigenvalue weighted by molar-refractivity contribution is 6.32. The van der Waals surface area contributed by atoms with Crippen LogP contribution >= 0.6 is 11.6 Å². The molecule has 2 unspecified atom stereocenters. The molecule has 0 spiro atoms. The van der Waals surface area contributed by atoms with Crippen LogP contribution in [-0.4, -0.2) is 48.5 Å². The minimum atomic E-state index is -4.70. The van der Waals surface area contributed by atoms with Crippen LogP contribution in [0.25, 0.3) is 0 Å². The lowest BCUT2D eigenvalue weighted by Crippen LogP contribution is -2.40. The minimum absolute atomic E-state index is 0.0892. The number of nitrogens with zero attached hydrogens (tertiary/aromatic N) is 2. The van der Waals surface area contributed by atoms with Gasteiger partial charge in [0.25, 0.3) is 5.91 Å². The topological polar surface area (TPSA) is 51.7 Å². The molecule has 1 aromatic carbocycles. The van der Waals surface area contributed by atoms with E-state index in [4.69, 9.17) is 16.3 Å². The molecule has 2 fully saturated rings. The molecule has 2 heterocycles. The Morgan fingerprint density at radius 1 is 1.27 bits per heavy atom. The molecule has 0 bridgehead atoms. The van der Waals surface area contributed by atoms with E-state index < -0.39 is 13.0 Å². The molecule has 1 aliphatic heterocycles. The number of ether oxygens (including phenoxy) is 2. The Labute approximate surface area is 176 Å². The van der Waals surface area contributed by atoms with Gasteiger partial charge in [0.05, 0.1) is 11.6 Å². The number of hydrogen-bond acceptors (Lipinski definition) is 4. The summed E-state index contributed by atoms with van der Waals surface area (Å²) in [7, 11) is 0. The van der Waals surface area contributed by atoms with Crippen LogP contribution in [0.1, 0.15) is 28.9 Å². The van der Waals surface area contributed by atoms with Gasteiger partial charge in [-0.2, -0.15) is 0 Å². The lowest BCUT2D eigenvalue weighted by atomic mass is 9.91. The van der Waals surface area contributed by atoms with Crippen molar-refractivity contribution in [3.8, 4) is 5.75 Å². The maximum absolute atomic E-state index is 12.9. The first-order valence-electron chi connectivity index (χ1n) is 9.62. The van der Waals surface area contributed by atoms with E-state index in [1.807, 2.05) is 17.0 Å². The predicted octanol–water partition coefficient (Wildman–Crippen LogP) is 4.45. The molecule has 0 N–H and O–H groups in total. The highest BCUT2D eigenvalue weighted by atomic mass is 35.5. The third kappa shape index (κ3) is 4.39. The van der Waals surface area contributed by atoms with Gasteiger partial charge in [0, 0.05) is 36.0 Å². The van der Waals surface area contributed by atoms with E-state index in [0.717, 1.165) is 18.5 Å². The summed E-state index contributed by atoms with van der Waals surface area (Å²) in [6.07, 6.45) is -0.999. The van der Waals surface area contributed by atoms with Crippen LogP contribution < -0.4 is 4.74 Å². The zero-order valence-electron chi connectivity index (χ0n) is 16.0. The fourth-order valence-corrected chi connectivity index (χ4v) is 4.38. The van der Waals surface area contributed by atoms with Gasteiger partial charge >= 0.3 is 6.36 Å². The van der Waals surface area contributed by atoms with Crippen LogP contribution in [0, 0.1) is 5.92 Å². The van der Waals surface area contributed by atoms with Gasteiger partial charge < -0.3 is 9.64 Å². The van der Waals surface area contributed by atoms with Crippen molar-refractivity contribution in [3.05, 3.63) is 58.9 Å². The second kappa shape index (κ2) is 8.07. The van der Waals surface area contributed by atoms with Crippen molar-refractivity contribution in [1.82, 2.24) is 9.88 Å². The first kappa shape index (κ1) is 20.9. The van der Waals surface area contributed by atoms with Crippen molar-refractivity contribution in [1.29, 1.82) is 0 Å². The van der Waals surface area contributed by atoms with Gasteiger partial charge in [0.15, 0.2) is 0 Å². The van der Waals surface area contributed by atoms with Gasteiger partial charge in [0.1, 0.15) is 12.4 Å². The van der Waals surface area contributed by atoms with E-state index in [1.165, 1.54) is 12.1 Å². The van der Waals surface area contributed by atoms with Gasteiger partial charge in [-0.15, -0.1) is 13.2 Å². The average Bonchev–Trinajstić information content (AvgIpc) is 3.46. The zero-order valence-corrected chi connectivity index (χ0v) is 16.7. The maximum Gasteiger partial charge on any atom is 0.522 e. The van der Waals surface area contributed by atoms with E-state index in [0.29, 0.717) is 24.6 Å². The molecule has 1 saturated heterocycles. The molecule has 9 heteroatoms. The van der Waals surface area contributed by atoms with Crippen molar-refractivity contribution in [2.24, 2.45) is 5.92 Å². The molecule has 4 rings (SSSR count). The van der Waals surface area contributed by atoms with Crippen molar-refractivity contribution >= 4 is 17.5 Å². The highest BCUT2D eigenvalue weighted by Gasteiger charge is 2.58. The maximum atomic E-state index is 12.9. The van der Waals surface area contributed by atoms with Crippen LogP contribution in [0.2, 0.25) is 5.02 Å². The summed E-state index contributed by atoms with van der Waals surface area (Å²) < 4.78 is 44.8. The number of aromatic nitrogens is 1. The van der Waals surface area contributed by atoms with E-state index in [1.54, 1.807) is 12.3 Å². The molecule has 30 heavy (non-hydrogen) atoms. The molecule has 2 aliphatic rings. The number of carbonyl (C=O) groups excluding carboxylic acids is 1. The van der Waals surface area contributed by atoms with Crippen LogP contribution in [-0.2, 0) is 10.2 Å². The summed E-state index contributed by atoms with van der Waals surface area (Å²) in [6.45, 7) is 0.347. The summed E-state index contributed by atoms with van der Waals surface area (Å²) >= 11 is 6.15. The first-order valence-corrected chi connectivity index (χ1v) is 10.0. The summed E-state index contributed by atoms with van der Waals surface area (Å²) in [4.78, 5) is 19.2. The van der Waals surface area contributed by atoms with E-state index in [2.05, 4.69) is 15.8 Å². The summed E-state index contributed by atoms with van der Waals surface area (Å²) in [5.74, 6) is 0.483. The molecule has 2 atom stereocenters. The number of rotatable bonds is 6. The third-order valence-corrected chi connectivity index (χ3v) is 6.04. The van der Waals surface area contributed by atoms with Gasteiger partial charge in [-0.1, -0.05) is 17.7 Å². The van der Waals surface area contributed by atoms with E-state index >= 15 is 0 Å². The number of hydrogen-bond donors (Lipinski definition) is 0. The monoisotopic (exact) mass is 440 g/mol. The second-order valence-electron chi connectivity index (χ2n) is 7.56. The number of carbonyl (C=O) groups is 1. The van der Waals surface area contributed by atoms with Gasteiger partial charge in [-0.3, -0.25) is 14.5 Å². The normalized spacial score (nSPS) is 23.1. The number of likely N-dealkylation sites (tertiary alicyclic amines) is 1. The Morgan fingerprint density at radius 2 is 2.10 bits per heavy atom.